The van der Waals surface area contributed by atoms with Crippen LogP contribution in [-0.2, 0) is 6.54 Å². The Morgan fingerprint density at radius 2 is 1.95 bits per heavy atom. The number of fused-ring (bicyclic) bond motifs is 1. The summed E-state index contributed by atoms with van der Waals surface area (Å²) >= 11 is 3.52. The predicted octanol–water partition coefficient (Wildman–Crippen LogP) is 4.36. The second kappa shape index (κ2) is 5.09. The summed E-state index contributed by atoms with van der Waals surface area (Å²) in [5.41, 5.74) is 2.14. The van der Waals surface area contributed by atoms with E-state index in [-0.39, 0.29) is 10.6 Å². The molecule has 20 heavy (non-hydrogen) atoms. The van der Waals surface area contributed by atoms with E-state index in [9.17, 15) is 10.1 Å². The Hall–Kier alpha value is -2.14. The Morgan fingerprint density at radius 1 is 1.15 bits per heavy atom. The molecule has 2 aromatic carbocycles. The molecule has 0 saturated heterocycles. The van der Waals surface area contributed by atoms with Gasteiger partial charge in [0.2, 0.25) is 0 Å². The van der Waals surface area contributed by atoms with Gasteiger partial charge in [-0.1, -0.05) is 34.1 Å². The molecule has 3 rings (SSSR count). The van der Waals surface area contributed by atoms with Crippen molar-refractivity contribution in [2.75, 3.05) is 0 Å². The van der Waals surface area contributed by atoms with Crippen LogP contribution in [0.5, 0.6) is 0 Å². The van der Waals surface area contributed by atoms with Crippen molar-refractivity contribution in [3.63, 3.8) is 0 Å². The van der Waals surface area contributed by atoms with Gasteiger partial charge in [-0.05, 0) is 23.8 Å². The van der Waals surface area contributed by atoms with Gasteiger partial charge in [0.1, 0.15) is 0 Å². The van der Waals surface area contributed by atoms with Crippen LogP contribution in [0.1, 0.15) is 5.56 Å². The average molecular weight is 331 g/mol. The molecule has 0 amide bonds. The topological polar surface area (TPSA) is 48.1 Å². The molecule has 100 valence electrons. The zero-order valence-corrected chi connectivity index (χ0v) is 12.1. The second-order valence-corrected chi connectivity index (χ2v) is 5.40. The molecule has 1 aromatic heterocycles. The number of benzene rings is 2. The minimum Gasteiger partial charge on any atom is -0.343 e. The van der Waals surface area contributed by atoms with Crippen molar-refractivity contribution in [2.45, 2.75) is 6.54 Å². The zero-order chi connectivity index (χ0) is 14.1. The molecule has 0 saturated carbocycles. The number of nitro groups is 1. The summed E-state index contributed by atoms with van der Waals surface area (Å²) in [5, 5.41) is 11.9. The van der Waals surface area contributed by atoms with E-state index in [1.807, 2.05) is 36.5 Å². The Kier molecular flexibility index (Phi) is 3.28. The van der Waals surface area contributed by atoms with Crippen LogP contribution in [0.25, 0.3) is 10.9 Å². The maximum absolute atomic E-state index is 10.8. The second-order valence-electron chi connectivity index (χ2n) is 4.54. The molecule has 0 aliphatic carbocycles. The van der Waals surface area contributed by atoms with Crippen LogP contribution in [0.15, 0.2) is 59.2 Å². The fourth-order valence-electron chi connectivity index (χ4n) is 2.29. The standard InChI is InChI=1S/C15H11BrN2O2/c16-14-5-2-6-15-13(14)7-8-17(15)10-11-3-1-4-12(9-11)18(19)20/h1-9H,10H2. The fourth-order valence-corrected chi connectivity index (χ4v) is 2.78. The van der Waals surface area contributed by atoms with Gasteiger partial charge < -0.3 is 4.57 Å². The number of hydrogen-bond donors (Lipinski definition) is 0. The van der Waals surface area contributed by atoms with Crippen LogP contribution >= 0.6 is 15.9 Å². The molecule has 0 N–H and O–H groups in total. The molecule has 0 atom stereocenters. The summed E-state index contributed by atoms with van der Waals surface area (Å²) in [7, 11) is 0. The summed E-state index contributed by atoms with van der Waals surface area (Å²) in [6.07, 6.45) is 1.99. The van der Waals surface area contributed by atoms with Crippen molar-refractivity contribution in [1.29, 1.82) is 0 Å². The number of nitro benzene ring substituents is 1. The quantitative estimate of drug-likeness (QED) is 0.529. The Morgan fingerprint density at radius 3 is 2.75 bits per heavy atom. The lowest BCUT2D eigenvalue weighted by Gasteiger charge is -2.06. The van der Waals surface area contributed by atoms with Crippen molar-refractivity contribution in [3.05, 3.63) is 74.9 Å². The van der Waals surface area contributed by atoms with Crippen LogP contribution in [0.2, 0.25) is 0 Å². The first-order valence-corrected chi connectivity index (χ1v) is 6.91. The van der Waals surface area contributed by atoms with E-state index in [1.165, 1.54) is 6.07 Å². The SMILES string of the molecule is O=[N+]([O-])c1cccc(Cn2ccc3c(Br)cccc32)c1. The van der Waals surface area contributed by atoms with Crippen molar-refractivity contribution < 1.29 is 4.92 Å². The van der Waals surface area contributed by atoms with Crippen LogP contribution in [0, 0.1) is 10.1 Å². The van der Waals surface area contributed by atoms with Crippen LogP contribution in [-0.4, -0.2) is 9.49 Å². The van der Waals surface area contributed by atoms with Gasteiger partial charge in [-0.3, -0.25) is 10.1 Å². The highest BCUT2D eigenvalue weighted by Crippen LogP contribution is 2.25. The maximum atomic E-state index is 10.8. The number of hydrogen-bond acceptors (Lipinski definition) is 2. The number of non-ortho nitro benzene ring substituents is 1. The third kappa shape index (κ3) is 2.32. The first-order chi connectivity index (χ1) is 9.65. The van der Waals surface area contributed by atoms with Crippen LogP contribution in [0.4, 0.5) is 5.69 Å². The first kappa shape index (κ1) is 12.9. The highest BCUT2D eigenvalue weighted by molar-refractivity contribution is 9.10. The molecule has 0 bridgehead atoms. The third-order valence-electron chi connectivity index (χ3n) is 3.23. The summed E-state index contributed by atoms with van der Waals surface area (Å²) in [5.74, 6) is 0. The van der Waals surface area contributed by atoms with Gasteiger partial charge >= 0.3 is 0 Å². The molecule has 0 aliphatic rings. The molecular formula is C15H11BrN2O2. The molecule has 3 aromatic rings. The number of aromatic nitrogens is 1. The van der Waals surface area contributed by atoms with Gasteiger partial charge in [-0.2, -0.15) is 0 Å². The third-order valence-corrected chi connectivity index (χ3v) is 3.93. The number of halogens is 1. The van der Waals surface area contributed by atoms with E-state index in [4.69, 9.17) is 0 Å². The highest BCUT2D eigenvalue weighted by Gasteiger charge is 2.08. The number of rotatable bonds is 3. The Labute approximate surface area is 123 Å². The smallest absolute Gasteiger partial charge is 0.269 e. The molecule has 0 fully saturated rings. The molecule has 0 unspecified atom stereocenters. The Balaban J connectivity index is 1.99. The van der Waals surface area contributed by atoms with Gasteiger partial charge in [-0.25, -0.2) is 0 Å². The molecule has 0 aliphatic heterocycles. The monoisotopic (exact) mass is 330 g/mol. The lowest BCUT2D eigenvalue weighted by Crippen LogP contribution is -1.98. The van der Waals surface area contributed by atoms with E-state index in [0.29, 0.717) is 6.54 Å². The minimum absolute atomic E-state index is 0.125. The predicted molar refractivity (Wildman–Crippen MR) is 81.8 cm³/mol. The van der Waals surface area contributed by atoms with Crippen molar-refractivity contribution >= 4 is 32.5 Å². The van der Waals surface area contributed by atoms with Crippen LogP contribution < -0.4 is 0 Å². The summed E-state index contributed by atoms with van der Waals surface area (Å²) < 4.78 is 3.13. The zero-order valence-electron chi connectivity index (χ0n) is 10.5. The van der Waals surface area contributed by atoms with E-state index in [0.717, 1.165) is 20.9 Å². The van der Waals surface area contributed by atoms with E-state index in [1.54, 1.807) is 12.1 Å². The first-order valence-electron chi connectivity index (χ1n) is 6.12. The molecule has 0 spiro atoms. The summed E-state index contributed by atoms with van der Waals surface area (Å²) in [6.45, 7) is 0.613. The average Bonchev–Trinajstić information content (AvgIpc) is 2.84. The van der Waals surface area contributed by atoms with E-state index < -0.39 is 0 Å². The van der Waals surface area contributed by atoms with Gasteiger partial charge in [-0.15, -0.1) is 0 Å². The summed E-state index contributed by atoms with van der Waals surface area (Å²) in [4.78, 5) is 10.4. The number of nitrogens with zero attached hydrogens (tertiary/aromatic N) is 2. The van der Waals surface area contributed by atoms with Crippen molar-refractivity contribution in [3.8, 4) is 0 Å². The lowest BCUT2D eigenvalue weighted by atomic mass is 10.2. The molecule has 5 heteroatoms. The van der Waals surface area contributed by atoms with Gasteiger partial charge in [0, 0.05) is 40.2 Å². The maximum Gasteiger partial charge on any atom is 0.269 e. The summed E-state index contributed by atoms with van der Waals surface area (Å²) in [6, 6.07) is 14.8. The fraction of sp³-hybridized carbons (Fsp3) is 0.0667. The molecule has 1 heterocycles. The van der Waals surface area contributed by atoms with E-state index >= 15 is 0 Å². The van der Waals surface area contributed by atoms with Gasteiger partial charge in [0.15, 0.2) is 0 Å². The lowest BCUT2D eigenvalue weighted by molar-refractivity contribution is -0.384. The van der Waals surface area contributed by atoms with Crippen molar-refractivity contribution in [1.82, 2.24) is 4.57 Å². The van der Waals surface area contributed by atoms with Crippen LogP contribution in [0.3, 0.4) is 0 Å². The Bertz CT molecular complexity index is 795. The largest absolute Gasteiger partial charge is 0.343 e. The molecular weight excluding hydrogens is 320 g/mol. The van der Waals surface area contributed by atoms with E-state index in [2.05, 4.69) is 20.5 Å². The normalized spacial score (nSPS) is 10.8. The van der Waals surface area contributed by atoms with Crippen molar-refractivity contribution in [2.24, 2.45) is 0 Å². The van der Waals surface area contributed by atoms with Gasteiger partial charge in [0.25, 0.3) is 5.69 Å². The molecule has 4 nitrogen and oxygen atoms in total. The highest BCUT2D eigenvalue weighted by atomic mass is 79.9. The molecule has 0 radical (unpaired) electrons. The van der Waals surface area contributed by atoms with Gasteiger partial charge in [0.05, 0.1) is 4.92 Å². The minimum atomic E-state index is -0.367.